The quantitative estimate of drug-likeness (QED) is 0.704. The molecular weight excluding hydrogens is 314 g/mol. The van der Waals surface area contributed by atoms with Gasteiger partial charge in [-0.1, -0.05) is 46.4 Å². The highest BCUT2D eigenvalue weighted by atomic mass is 35.5. The zero-order valence-corrected chi connectivity index (χ0v) is 12.0. The van der Waals surface area contributed by atoms with E-state index in [1.54, 1.807) is 36.4 Å². The average molecular weight is 322 g/mol. The number of rotatable bonds is 3. The van der Waals surface area contributed by atoms with E-state index in [0.717, 1.165) is 11.4 Å². The summed E-state index contributed by atoms with van der Waals surface area (Å²) in [5.74, 6) is 0. The molecule has 6 heteroatoms. The molecule has 0 bridgehead atoms. The summed E-state index contributed by atoms with van der Waals surface area (Å²) in [4.78, 5) is 0. The Hall–Kier alpha value is -0.800. The maximum Gasteiger partial charge on any atom is 0.0569 e. The predicted molar refractivity (Wildman–Crippen MR) is 80.2 cm³/mol. The molecule has 0 unspecified atom stereocenters. The van der Waals surface area contributed by atoms with Crippen LogP contribution in [0, 0.1) is 0 Å². The molecule has 0 saturated carbocycles. The fraction of sp³-hybridized carbons (Fsp3) is 0. The minimum absolute atomic E-state index is 0.552. The first-order valence-corrected chi connectivity index (χ1v) is 6.48. The van der Waals surface area contributed by atoms with Gasteiger partial charge in [0.1, 0.15) is 0 Å². The predicted octanol–water partition coefficient (Wildman–Crippen LogP) is 5.74. The van der Waals surface area contributed by atoms with Crippen LogP contribution in [0.25, 0.3) is 0 Å². The van der Waals surface area contributed by atoms with E-state index in [0.29, 0.717) is 20.1 Å². The molecule has 2 N–H and O–H groups in total. The van der Waals surface area contributed by atoms with E-state index in [4.69, 9.17) is 46.4 Å². The van der Waals surface area contributed by atoms with Gasteiger partial charge in [0.25, 0.3) is 0 Å². The number of halogens is 4. The maximum absolute atomic E-state index is 5.89. The van der Waals surface area contributed by atoms with E-state index in [1.807, 2.05) is 0 Å². The maximum atomic E-state index is 5.89. The van der Waals surface area contributed by atoms with Gasteiger partial charge < -0.3 is 10.9 Å². The van der Waals surface area contributed by atoms with E-state index in [2.05, 4.69) is 10.9 Å². The summed E-state index contributed by atoms with van der Waals surface area (Å²) < 4.78 is 0. The Morgan fingerprint density at radius 1 is 0.500 bits per heavy atom. The first-order chi connectivity index (χ1) is 8.52. The Morgan fingerprint density at radius 2 is 0.778 bits per heavy atom. The largest absolute Gasteiger partial charge is 0.301 e. The summed E-state index contributed by atoms with van der Waals surface area (Å²) in [5, 5.41) is 2.21. The lowest BCUT2D eigenvalue weighted by atomic mass is 10.3. The van der Waals surface area contributed by atoms with Gasteiger partial charge in [-0.2, -0.15) is 0 Å². The summed E-state index contributed by atoms with van der Waals surface area (Å²) in [6.07, 6.45) is 0. The van der Waals surface area contributed by atoms with Crippen molar-refractivity contribution in [2.24, 2.45) is 0 Å². The summed E-state index contributed by atoms with van der Waals surface area (Å²) >= 11 is 23.6. The van der Waals surface area contributed by atoms with Crippen LogP contribution in [0.1, 0.15) is 0 Å². The zero-order chi connectivity index (χ0) is 13.1. The van der Waals surface area contributed by atoms with E-state index < -0.39 is 0 Å². The molecule has 0 spiro atoms. The van der Waals surface area contributed by atoms with Crippen molar-refractivity contribution in [3.8, 4) is 0 Å². The molecule has 94 valence electrons. The highest BCUT2D eigenvalue weighted by Crippen LogP contribution is 2.25. The third-order valence-corrected chi connectivity index (χ3v) is 2.95. The molecule has 0 radical (unpaired) electrons. The molecule has 0 saturated heterocycles. The van der Waals surface area contributed by atoms with Crippen molar-refractivity contribution in [1.29, 1.82) is 0 Å². The highest BCUT2D eigenvalue weighted by Gasteiger charge is 2.00. The fourth-order valence-corrected chi connectivity index (χ4v) is 2.45. The smallest absolute Gasteiger partial charge is 0.0569 e. The normalized spacial score (nSPS) is 10.2. The molecule has 0 aliphatic carbocycles. The van der Waals surface area contributed by atoms with Crippen molar-refractivity contribution in [3.63, 3.8) is 0 Å². The molecule has 0 aliphatic rings. The summed E-state index contributed by atoms with van der Waals surface area (Å²) in [5.41, 5.74) is 7.40. The second-order valence-electron chi connectivity index (χ2n) is 3.57. The van der Waals surface area contributed by atoms with Gasteiger partial charge in [0.15, 0.2) is 0 Å². The first kappa shape index (κ1) is 13.6. The van der Waals surface area contributed by atoms with Gasteiger partial charge in [-0.15, -0.1) is 0 Å². The van der Waals surface area contributed by atoms with Crippen LogP contribution in [-0.2, 0) is 0 Å². The van der Waals surface area contributed by atoms with E-state index in [1.165, 1.54) is 0 Å². The molecule has 0 fully saturated rings. The van der Waals surface area contributed by atoms with Gasteiger partial charge in [0.2, 0.25) is 0 Å². The number of hydrogen-bond donors (Lipinski definition) is 2. The van der Waals surface area contributed by atoms with Crippen LogP contribution in [0.15, 0.2) is 36.4 Å². The lowest BCUT2D eigenvalue weighted by Gasteiger charge is -2.11. The Labute approximate surface area is 125 Å². The van der Waals surface area contributed by atoms with Crippen LogP contribution in [0.5, 0.6) is 0 Å². The molecule has 0 heterocycles. The molecule has 2 nitrogen and oxygen atoms in total. The molecule has 0 amide bonds. The van der Waals surface area contributed by atoms with Crippen LogP contribution in [0.2, 0.25) is 20.1 Å². The number of benzene rings is 2. The molecule has 2 aromatic rings. The van der Waals surface area contributed by atoms with Crippen molar-refractivity contribution in [3.05, 3.63) is 56.5 Å². The summed E-state index contributed by atoms with van der Waals surface area (Å²) in [6.45, 7) is 0. The van der Waals surface area contributed by atoms with E-state index in [9.17, 15) is 0 Å². The summed E-state index contributed by atoms with van der Waals surface area (Å²) in [6, 6.07) is 10.3. The van der Waals surface area contributed by atoms with Gasteiger partial charge in [-0.25, -0.2) is 0 Å². The van der Waals surface area contributed by atoms with Gasteiger partial charge in [0.05, 0.1) is 11.4 Å². The number of hydrogen-bond acceptors (Lipinski definition) is 2. The van der Waals surface area contributed by atoms with Gasteiger partial charge in [-0.3, -0.25) is 0 Å². The fourth-order valence-electron chi connectivity index (χ4n) is 1.40. The van der Waals surface area contributed by atoms with Crippen molar-refractivity contribution >= 4 is 57.8 Å². The summed E-state index contributed by atoms with van der Waals surface area (Å²) in [7, 11) is 0. The zero-order valence-electron chi connectivity index (χ0n) is 8.98. The average Bonchev–Trinajstić information content (AvgIpc) is 2.23. The molecule has 2 aromatic carbocycles. The monoisotopic (exact) mass is 320 g/mol. The van der Waals surface area contributed by atoms with Crippen LogP contribution < -0.4 is 10.9 Å². The minimum atomic E-state index is 0.552. The Kier molecular flexibility index (Phi) is 4.46. The second kappa shape index (κ2) is 5.89. The van der Waals surface area contributed by atoms with Crippen molar-refractivity contribution in [2.45, 2.75) is 0 Å². The SMILES string of the molecule is Clc1cc(Cl)cc(NNc2cc(Cl)cc(Cl)c2)c1. The minimum Gasteiger partial charge on any atom is -0.301 e. The topological polar surface area (TPSA) is 24.1 Å². The second-order valence-corrected chi connectivity index (χ2v) is 5.31. The molecule has 0 aliphatic heterocycles. The van der Waals surface area contributed by atoms with Crippen LogP contribution >= 0.6 is 46.4 Å². The van der Waals surface area contributed by atoms with Crippen molar-refractivity contribution < 1.29 is 0 Å². The van der Waals surface area contributed by atoms with E-state index in [-0.39, 0.29) is 0 Å². The number of anilines is 2. The van der Waals surface area contributed by atoms with Gasteiger partial charge >= 0.3 is 0 Å². The Bertz CT molecular complexity index is 480. The van der Waals surface area contributed by atoms with E-state index >= 15 is 0 Å². The molecule has 0 atom stereocenters. The number of nitrogens with one attached hydrogen (secondary N) is 2. The Morgan fingerprint density at radius 3 is 1.06 bits per heavy atom. The molecular formula is C12H8Cl4N2. The first-order valence-electron chi connectivity index (χ1n) is 4.97. The lowest BCUT2D eigenvalue weighted by molar-refractivity contribution is 1.41. The van der Waals surface area contributed by atoms with Crippen molar-refractivity contribution in [2.75, 3.05) is 10.9 Å². The van der Waals surface area contributed by atoms with Crippen LogP contribution in [-0.4, -0.2) is 0 Å². The Balaban J connectivity index is 2.11. The molecule has 2 rings (SSSR count). The van der Waals surface area contributed by atoms with Gasteiger partial charge in [0, 0.05) is 20.1 Å². The van der Waals surface area contributed by atoms with Crippen molar-refractivity contribution in [1.82, 2.24) is 0 Å². The lowest BCUT2D eigenvalue weighted by Crippen LogP contribution is -2.08. The molecule has 0 aromatic heterocycles. The van der Waals surface area contributed by atoms with Crippen LogP contribution in [0.3, 0.4) is 0 Å². The highest BCUT2D eigenvalue weighted by molar-refractivity contribution is 6.35. The standard InChI is InChI=1S/C12H8Cl4N2/c13-7-1-8(14)4-11(3-7)17-18-12-5-9(15)2-10(16)6-12/h1-6,17-18H. The third kappa shape index (κ3) is 3.85. The van der Waals surface area contributed by atoms with Crippen LogP contribution in [0.4, 0.5) is 11.4 Å². The number of hydrazine groups is 1. The van der Waals surface area contributed by atoms with Gasteiger partial charge in [-0.05, 0) is 36.4 Å². The third-order valence-electron chi connectivity index (χ3n) is 2.08. The molecule has 18 heavy (non-hydrogen) atoms.